The first-order valence-electron chi connectivity index (χ1n) is 4.65. The van der Waals surface area contributed by atoms with Crippen LogP contribution in [0, 0.1) is 5.92 Å². The second-order valence-electron chi connectivity index (χ2n) is 3.62. The van der Waals surface area contributed by atoms with Gasteiger partial charge in [0.25, 0.3) is 0 Å². The molecular formula is C11H14O2. The van der Waals surface area contributed by atoms with Gasteiger partial charge in [0.15, 0.2) is 0 Å². The Morgan fingerprint density at radius 2 is 2.23 bits per heavy atom. The minimum atomic E-state index is 0.210. The average Bonchev–Trinajstić information content (AvgIpc) is 2.18. The van der Waals surface area contributed by atoms with E-state index < -0.39 is 0 Å². The second kappa shape index (κ2) is 3.38. The minimum Gasteiger partial charge on any atom is -0.493 e. The number of ether oxygens (including phenoxy) is 1. The quantitative estimate of drug-likeness (QED) is 0.710. The molecule has 1 N–H and O–H groups in total. The van der Waals surface area contributed by atoms with Crippen LogP contribution in [0.2, 0.25) is 0 Å². The number of aliphatic hydroxyl groups excluding tert-OH is 1. The molecule has 2 rings (SSSR count). The number of fused-ring (bicyclic) bond motifs is 1. The first-order valence-corrected chi connectivity index (χ1v) is 4.65. The molecule has 0 aromatic heterocycles. The fourth-order valence-electron chi connectivity index (χ4n) is 1.84. The number of hydrogen-bond donors (Lipinski definition) is 1. The third-order valence-corrected chi connectivity index (χ3v) is 2.70. The molecule has 0 saturated carbocycles. The van der Waals surface area contributed by atoms with Crippen LogP contribution >= 0.6 is 0 Å². The maximum absolute atomic E-state index is 9.25. The molecule has 1 aliphatic rings. The molecule has 2 unspecified atom stereocenters. The van der Waals surface area contributed by atoms with Gasteiger partial charge in [0, 0.05) is 5.92 Å². The van der Waals surface area contributed by atoms with Crippen LogP contribution in [0.5, 0.6) is 5.75 Å². The van der Waals surface area contributed by atoms with Crippen LogP contribution in [0.15, 0.2) is 24.3 Å². The van der Waals surface area contributed by atoms with E-state index in [1.54, 1.807) is 0 Å². The molecular weight excluding hydrogens is 164 g/mol. The van der Waals surface area contributed by atoms with E-state index in [0.29, 0.717) is 12.5 Å². The summed E-state index contributed by atoms with van der Waals surface area (Å²) in [6.07, 6.45) is 0. The third kappa shape index (κ3) is 1.42. The van der Waals surface area contributed by atoms with Gasteiger partial charge < -0.3 is 9.84 Å². The Bertz CT molecular complexity index is 296. The molecule has 0 saturated heterocycles. The number of rotatable bonds is 1. The molecule has 0 aliphatic carbocycles. The summed E-state index contributed by atoms with van der Waals surface area (Å²) in [5.74, 6) is 1.57. The number of benzene rings is 1. The van der Waals surface area contributed by atoms with Gasteiger partial charge in [0.2, 0.25) is 0 Å². The normalized spacial score (nSPS) is 26.3. The zero-order chi connectivity index (χ0) is 9.26. The largest absolute Gasteiger partial charge is 0.493 e. The van der Waals surface area contributed by atoms with Crippen LogP contribution in [0.3, 0.4) is 0 Å². The Kier molecular flexibility index (Phi) is 2.23. The maximum atomic E-state index is 9.25. The first-order chi connectivity index (χ1) is 6.33. The molecule has 2 heteroatoms. The Morgan fingerprint density at radius 3 is 3.00 bits per heavy atom. The fourth-order valence-corrected chi connectivity index (χ4v) is 1.84. The number of hydrogen-bond acceptors (Lipinski definition) is 2. The molecule has 1 aliphatic heterocycles. The summed E-state index contributed by atoms with van der Waals surface area (Å²) in [5, 5.41) is 9.25. The van der Waals surface area contributed by atoms with Crippen molar-refractivity contribution >= 4 is 0 Å². The van der Waals surface area contributed by atoms with Crippen molar-refractivity contribution in [2.45, 2.75) is 12.8 Å². The van der Waals surface area contributed by atoms with Crippen molar-refractivity contribution in [3.63, 3.8) is 0 Å². The van der Waals surface area contributed by atoms with Crippen molar-refractivity contribution in [2.75, 3.05) is 13.2 Å². The number of aliphatic hydroxyl groups is 1. The van der Waals surface area contributed by atoms with Crippen LogP contribution in [0.25, 0.3) is 0 Å². The van der Waals surface area contributed by atoms with Crippen molar-refractivity contribution in [3.05, 3.63) is 29.8 Å². The topological polar surface area (TPSA) is 29.5 Å². The van der Waals surface area contributed by atoms with E-state index in [1.165, 1.54) is 0 Å². The number of para-hydroxylation sites is 1. The third-order valence-electron chi connectivity index (χ3n) is 2.70. The molecule has 1 aromatic rings. The maximum Gasteiger partial charge on any atom is 0.122 e. The second-order valence-corrected chi connectivity index (χ2v) is 3.62. The summed E-state index contributed by atoms with van der Waals surface area (Å²) < 4.78 is 5.56. The highest BCUT2D eigenvalue weighted by Gasteiger charge is 2.26. The summed E-state index contributed by atoms with van der Waals surface area (Å²) in [4.78, 5) is 0. The monoisotopic (exact) mass is 178 g/mol. The SMILES string of the molecule is CC1COc2ccccc2C1CO. The summed E-state index contributed by atoms with van der Waals surface area (Å²) in [7, 11) is 0. The van der Waals surface area contributed by atoms with Gasteiger partial charge in [-0.15, -0.1) is 0 Å². The zero-order valence-electron chi connectivity index (χ0n) is 7.73. The lowest BCUT2D eigenvalue weighted by molar-refractivity contribution is 0.155. The minimum absolute atomic E-state index is 0.210. The molecule has 2 atom stereocenters. The molecule has 0 amide bonds. The molecule has 0 fully saturated rings. The van der Waals surface area contributed by atoms with Crippen molar-refractivity contribution in [3.8, 4) is 5.75 Å². The van der Waals surface area contributed by atoms with Crippen LogP contribution in [0.4, 0.5) is 0 Å². The summed E-state index contributed by atoms with van der Waals surface area (Å²) in [5.41, 5.74) is 1.14. The predicted molar refractivity (Wildman–Crippen MR) is 50.9 cm³/mol. The van der Waals surface area contributed by atoms with Crippen molar-refractivity contribution in [1.29, 1.82) is 0 Å². The van der Waals surface area contributed by atoms with Crippen LogP contribution in [-0.4, -0.2) is 18.3 Å². The van der Waals surface area contributed by atoms with Crippen molar-refractivity contribution < 1.29 is 9.84 Å². The van der Waals surface area contributed by atoms with E-state index in [-0.39, 0.29) is 12.5 Å². The molecule has 0 radical (unpaired) electrons. The Balaban J connectivity index is 2.39. The van der Waals surface area contributed by atoms with Gasteiger partial charge in [-0.3, -0.25) is 0 Å². The standard InChI is InChI=1S/C11H14O2/c1-8-7-13-11-5-3-2-4-9(11)10(8)6-12/h2-5,8,10,12H,6-7H2,1H3. The van der Waals surface area contributed by atoms with E-state index in [2.05, 4.69) is 6.92 Å². The molecule has 0 bridgehead atoms. The summed E-state index contributed by atoms with van der Waals surface area (Å²) in [6, 6.07) is 7.95. The molecule has 0 spiro atoms. The first kappa shape index (κ1) is 8.57. The van der Waals surface area contributed by atoms with E-state index in [4.69, 9.17) is 4.74 Å². The van der Waals surface area contributed by atoms with Gasteiger partial charge in [0.05, 0.1) is 13.2 Å². The van der Waals surface area contributed by atoms with E-state index in [0.717, 1.165) is 11.3 Å². The van der Waals surface area contributed by atoms with E-state index in [9.17, 15) is 5.11 Å². The smallest absolute Gasteiger partial charge is 0.122 e. The van der Waals surface area contributed by atoms with Crippen molar-refractivity contribution in [1.82, 2.24) is 0 Å². The van der Waals surface area contributed by atoms with Gasteiger partial charge >= 0.3 is 0 Å². The van der Waals surface area contributed by atoms with Gasteiger partial charge in [-0.05, 0) is 17.5 Å². The van der Waals surface area contributed by atoms with Gasteiger partial charge in [-0.2, -0.15) is 0 Å². The predicted octanol–water partition coefficient (Wildman–Crippen LogP) is 1.79. The zero-order valence-corrected chi connectivity index (χ0v) is 7.73. The lowest BCUT2D eigenvalue weighted by Crippen LogP contribution is -2.25. The van der Waals surface area contributed by atoms with Gasteiger partial charge in [0.1, 0.15) is 5.75 Å². The highest BCUT2D eigenvalue weighted by Crippen LogP contribution is 2.35. The average molecular weight is 178 g/mol. The molecule has 2 nitrogen and oxygen atoms in total. The van der Waals surface area contributed by atoms with Gasteiger partial charge in [-0.25, -0.2) is 0 Å². The summed E-state index contributed by atoms with van der Waals surface area (Å²) >= 11 is 0. The molecule has 1 heterocycles. The van der Waals surface area contributed by atoms with E-state index >= 15 is 0 Å². The lowest BCUT2D eigenvalue weighted by atomic mass is 9.86. The summed E-state index contributed by atoms with van der Waals surface area (Å²) in [6.45, 7) is 3.03. The highest BCUT2D eigenvalue weighted by molar-refractivity contribution is 5.38. The Morgan fingerprint density at radius 1 is 1.46 bits per heavy atom. The van der Waals surface area contributed by atoms with Crippen LogP contribution in [-0.2, 0) is 0 Å². The molecule has 13 heavy (non-hydrogen) atoms. The Labute approximate surface area is 78.2 Å². The Hall–Kier alpha value is -1.02. The lowest BCUT2D eigenvalue weighted by Gasteiger charge is -2.29. The van der Waals surface area contributed by atoms with Crippen LogP contribution in [0.1, 0.15) is 18.4 Å². The van der Waals surface area contributed by atoms with Crippen molar-refractivity contribution in [2.24, 2.45) is 5.92 Å². The fraction of sp³-hybridized carbons (Fsp3) is 0.455. The van der Waals surface area contributed by atoms with Gasteiger partial charge in [-0.1, -0.05) is 25.1 Å². The molecule has 1 aromatic carbocycles. The van der Waals surface area contributed by atoms with Crippen LogP contribution < -0.4 is 4.74 Å². The molecule has 70 valence electrons. The highest BCUT2D eigenvalue weighted by atomic mass is 16.5. The van der Waals surface area contributed by atoms with E-state index in [1.807, 2.05) is 24.3 Å².